The van der Waals surface area contributed by atoms with Crippen molar-refractivity contribution in [1.82, 2.24) is 9.80 Å². The molecule has 0 spiro atoms. The van der Waals surface area contributed by atoms with Gasteiger partial charge >= 0.3 is 0 Å². The van der Waals surface area contributed by atoms with Gasteiger partial charge in [-0.15, -0.1) is 0 Å². The number of nitrogens with two attached hydrogens (primary N) is 1. The lowest BCUT2D eigenvalue weighted by Crippen LogP contribution is -2.51. The molecule has 0 bridgehead atoms. The Balaban J connectivity index is 1.95. The van der Waals surface area contributed by atoms with E-state index in [0.29, 0.717) is 18.5 Å². The van der Waals surface area contributed by atoms with Crippen LogP contribution in [0.15, 0.2) is 0 Å². The molecule has 1 aliphatic carbocycles. The van der Waals surface area contributed by atoms with Crippen molar-refractivity contribution in [3.63, 3.8) is 0 Å². The summed E-state index contributed by atoms with van der Waals surface area (Å²) < 4.78 is 0. The maximum Gasteiger partial charge on any atom is 0.230 e. The molecule has 2 fully saturated rings. The van der Waals surface area contributed by atoms with E-state index < -0.39 is 0 Å². The van der Waals surface area contributed by atoms with E-state index in [4.69, 9.17) is 5.73 Å². The number of hydrogen-bond donors (Lipinski definition) is 1. The smallest absolute Gasteiger partial charge is 0.230 e. The molecule has 110 valence electrons. The van der Waals surface area contributed by atoms with Gasteiger partial charge in [-0.3, -0.25) is 4.79 Å². The number of amides is 1. The zero-order valence-electron chi connectivity index (χ0n) is 12.5. The summed E-state index contributed by atoms with van der Waals surface area (Å²) >= 11 is 0. The first kappa shape index (κ1) is 14.8. The van der Waals surface area contributed by atoms with Gasteiger partial charge in [0, 0.05) is 32.7 Å². The second-order valence-corrected chi connectivity index (χ2v) is 6.27. The Labute approximate surface area is 117 Å². The highest BCUT2D eigenvalue weighted by molar-refractivity contribution is 5.83. The first-order chi connectivity index (χ1) is 9.13. The maximum absolute atomic E-state index is 12.8. The van der Waals surface area contributed by atoms with Crippen LogP contribution in [0.3, 0.4) is 0 Å². The van der Waals surface area contributed by atoms with Crippen molar-refractivity contribution in [2.24, 2.45) is 11.1 Å². The Morgan fingerprint density at radius 1 is 1.32 bits per heavy atom. The van der Waals surface area contributed by atoms with Crippen LogP contribution >= 0.6 is 0 Å². The highest BCUT2D eigenvalue weighted by atomic mass is 16.2. The Hall–Kier alpha value is -0.610. The maximum atomic E-state index is 12.8. The molecule has 0 atom stereocenters. The van der Waals surface area contributed by atoms with E-state index in [2.05, 4.69) is 11.8 Å². The molecule has 1 aliphatic heterocycles. The Bertz CT molecular complexity index is 305. The van der Waals surface area contributed by atoms with Crippen LogP contribution in [0.2, 0.25) is 0 Å². The predicted octanol–water partition coefficient (Wildman–Crippen LogP) is 1.45. The van der Waals surface area contributed by atoms with E-state index >= 15 is 0 Å². The zero-order chi connectivity index (χ0) is 13.9. The number of rotatable bonds is 4. The van der Waals surface area contributed by atoms with E-state index in [1.54, 1.807) is 0 Å². The average Bonchev–Trinajstić information content (AvgIpc) is 2.96. The van der Waals surface area contributed by atoms with Crippen LogP contribution in [0.25, 0.3) is 0 Å². The van der Waals surface area contributed by atoms with Crippen LogP contribution in [0.1, 0.15) is 45.4 Å². The van der Waals surface area contributed by atoms with Crippen LogP contribution in [0.5, 0.6) is 0 Å². The second kappa shape index (κ2) is 6.23. The van der Waals surface area contributed by atoms with Crippen molar-refractivity contribution in [3.8, 4) is 0 Å². The van der Waals surface area contributed by atoms with Gasteiger partial charge in [-0.1, -0.05) is 19.8 Å². The number of nitrogens with zero attached hydrogens (tertiary/aromatic N) is 2. The topological polar surface area (TPSA) is 49.6 Å². The normalized spacial score (nSPS) is 24.6. The molecule has 0 radical (unpaired) electrons. The van der Waals surface area contributed by atoms with E-state index in [9.17, 15) is 4.79 Å². The van der Waals surface area contributed by atoms with Gasteiger partial charge in [0.2, 0.25) is 5.91 Å². The monoisotopic (exact) mass is 267 g/mol. The fourth-order valence-corrected chi connectivity index (χ4v) is 3.72. The second-order valence-electron chi connectivity index (χ2n) is 6.27. The first-order valence-corrected chi connectivity index (χ1v) is 7.82. The number of hydrogen-bond acceptors (Lipinski definition) is 3. The van der Waals surface area contributed by atoms with Gasteiger partial charge in [0.1, 0.15) is 0 Å². The van der Waals surface area contributed by atoms with Gasteiger partial charge in [-0.05, 0) is 32.2 Å². The molecule has 0 unspecified atom stereocenters. The molecule has 0 aromatic rings. The fourth-order valence-electron chi connectivity index (χ4n) is 3.72. The molecule has 19 heavy (non-hydrogen) atoms. The minimum absolute atomic E-state index is 0.239. The summed E-state index contributed by atoms with van der Waals surface area (Å²) in [6.07, 6.45) is 6.50. The molecule has 1 saturated heterocycles. The summed E-state index contributed by atoms with van der Waals surface area (Å²) in [5, 5.41) is 0. The molecule has 1 amide bonds. The van der Waals surface area contributed by atoms with Crippen LogP contribution < -0.4 is 5.73 Å². The van der Waals surface area contributed by atoms with E-state index in [-0.39, 0.29) is 5.41 Å². The molecule has 1 saturated carbocycles. The minimum Gasteiger partial charge on any atom is -0.342 e. The molecule has 0 aromatic carbocycles. The van der Waals surface area contributed by atoms with E-state index in [1.165, 1.54) is 0 Å². The van der Waals surface area contributed by atoms with Gasteiger partial charge in [0.25, 0.3) is 0 Å². The Kier molecular flexibility index (Phi) is 4.85. The SMILES string of the molecule is CCN1CCC(N(C)C(=O)C2(CN)CCCC2)CC1. The van der Waals surface area contributed by atoms with Crippen molar-refractivity contribution in [3.05, 3.63) is 0 Å². The van der Waals surface area contributed by atoms with Crippen LogP contribution in [0.4, 0.5) is 0 Å². The Morgan fingerprint density at radius 3 is 2.37 bits per heavy atom. The van der Waals surface area contributed by atoms with Crippen molar-refractivity contribution < 1.29 is 4.79 Å². The van der Waals surface area contributed by atoms with Crippen LogP contribution in [0, 0.1) is 5.41 Å². The predicted molar refractivity (Wildman–Crippen MR) is 77.9 cm³/mol. The summed E-state index contributed by atoms with van der Waals surface area (Å²) in [5.41, 5.74) is 5.69. The largest absolute Gasteiger partial charge is 0.342 e. The molecule has 4 nitrogen and oxygen atoms in total. The summed E-state index contributed by atoms with van der Waals surface area (Å²) in [5.74, 6) is 0.308. The summed E-state index contributed by atoms with van der Waals surface area (Å²) in [4.78, 5) is 17.3. The lowest BCUT2D eigenvalue weighted by atomic mass is 9.84. The minimum atomic E-state index is -0.239. The van der Waals surface area contributed by atoms with E-state index in [0.717, 1.165) is 58.2 Å². The van der Waals surface area contributed by atoms with Gasteiger partial charge in [-0.25, -0.2) is 0 Å². The number of likely N-dealkylation sites (tertiary alicyclic amines) is 1. The molecule has 0 aromatic heterocycles. The molecule has 2 N–H and O–H groups in total. The van der Waals surface area contributed by atoms with Gasteiger partial charge < -0.3 is 15.5 Å². The molecular weight excluding hydrogens is 238 g/mol. The molecule has 4 heteroatoms. The van der Waals surface area contributed by atoms with Crippen molar-refractivity contribution in [2.45, 2.75) is 51.5 Å². The fraction of sp³-hybridized carbons (Fsp3) is 0.933. The summed E-state index contributed by atoms with van der Waals surface area (Å²) in [6.45, 7) is 6.08. The lowest BCUT2D eigenvalue weighted by Gasteiger charge is -2.40. The lowest BCUT2D eigenvalue weighted by molar-refractivity contribution is -0.143. The number of carbonyl (C=O) groups is 1. The third kappa shape index (κ3) is 2.95. The molecule has 2 aliphatic rings. The van der Waals surface area contributed by atoms with Gasteiger partial charge in [-0.2, -0.15) is 0 Å². The highest BCUT2D eigenvalue weighted by Gasteiger charge is 2.43. The number of carbonyl (C=O) groups excluding carboxylic acids is 1. The molecule has 2 rings (SSSR count). The first-order valence-electron chi connectivity index (χ1n) is 7.82. The molecular formula is C15H29N3O. The highest BCUT2D eigenvalue weighted by Crippen LogP contribution is 2.39. The quantitative estimate of drug-likeness (QED) is 0.838. The third-order valence-corrected chi connectivity index (χ3v) is 5.28. The van der Waals surface area contributed by atoms with Crippen molar-refractivity contribution in [2.75, 3.05) is 33.2 Å². The van der Waals surface area contributed by atoms with Crippen LogP contribution in [-0.4, -0.2) is 55.0 Å². The Morgan fingerprint density at radius 2 is 1.89 bits per heavy atom. The summed E-state index contributed by atoms with van der Waals surface area (Å²) in [6, 6.07) is 0.416. The standard InChI is InChI=1S/C15H29N3O/c1-3-18-10-6-13(7-11-18)17(2)14(19)15(12-16)8-4-5-9-15/h13H,3-12,16H2,1-2H3. The van der Waals surface area contributed by atoms with Crippen LogP contribution in [-0.2, 0) is 4.79 Å². The van der Waals surface area contributed by atoms with Gasteiger partial charge in [0.15, 0.2) is 0 Å². The average molecular weight is 267 g/mol. The van der Waals surface area contributed by atoms with Gasteiger partial charge in [0.05, 0.1) is 5.41 Å². The molecule has 1 heterocycles. The third-order valence-electron chi connectivity index (χ3n) is 5.28. The van der Waals surface area contributed by atoms with Crippen molar-refractivity contribution >= 4 is 5.91 Å². The zero-order valence-corrected chi connectivity index (χ0v) is 12.5. The number of piperidine rings is 1. The van der Waals surface area contributed by atoms with E-state index in [1.807, 2.05) is 11.9 Å². The van der Waals surface area contributed by atoms with Crippen molar-refractivity contribution in [1.29, 1.82) is 0 Å². The summed E-state index contributed by atoms with van der Waals surface area (Å²) in [7, 11) is 1.99.